The minimum Gasteiger partial charge on any atom is -0.465 e. The number of hydrogen-bond donors (Lipinski definition) is 1. The third-order valence-corrected chi connectivity index (χ3v) is 3.04. The molecule has 4 nitrogen and oxygen atoms in total. The van der Waals surface area contributed by atoms with E-state index in [9.17, 15) is 9.18 Å². The molecule has 2 aromatic rings. The average Bonchev–Trinajstić information content (AvgIpc) is 2.70. The van der Waals surface area contributed by atoms with Gasteiger partial charge in [-0.1, -0.05) is 0 Å². The van der Waals surface area contributed by atoms with Crippen molar-refractivity contribution in [3.8, 4) is 11.1 Å². The summed E-state index contributed by atoms with van der Waals surface area (Å²) < 4.78 is 17.7. The summed E-state index contributed by atoms with van der Waals surface area (Å²) in [5, 5.41) is 2.02. The van der Waals surface area contributed by atoms with E-state index in [-0.39, 0.29) is 5.56 Å². The Morgan fingerprint density at radius 3 is 2.94 bits per heavy atom. The lowest BCUT2D eigenvalue weighted by molar-refractivity contribution is 0.0603. The van der Waals surface area contributed by atoms with Crippen LogP contribution in [0.15, 0.2) is 23.8 Å². The second-order valence-electron chi connectivity index (χ2n) is 3.27. The molecule has 0 amide bonds. The molecular formula is C11H9FN2O2S. The summed E-state index contributed by atoms with van der Waals surface area (Å²) in [5.74, 6) is -1.01. The molecule has 2 rings (SSSR count). The first kappa shape index (κ1) is 11.5. The molecule has 17 heavy (non-hydrogen) atoms. The van der Waals surface area contributed by atoms with E-state index < -0.39 is 11.8 Å². The number of carbonyl (C=O) groups excluding carboxylic acids is 1. The topological polar surface area (TPSA) is 65.2 Å². The quantitative estimate of drug-likeness (QED) is 0.833. The molecule has 0 aliphatic rings. The Kier molecular flexibility index (Phi) is 3.06. The van der Waals surface area contributed by atoms with Crippen molar-refractivity contribution >= 4 is 22.3 Å². The molecule has 0 unspecified atom stereocenters. The highest BCUT2D eigenvalue weighted by molar-refractivity contribution is 7.14. The zero-order chi connectivity index (χ0) is 12.4. The maximum atomic E-state index is 13.1. The van der Waals surface area contributed by atoms with Gasteiger partial charge in [-0.15, -0.1) is 11.3 Å². The van der Waals surface area contributed by atoms with E-state index >= 15 is 0 Å². The molecule has 0 fully saturated rings. The molecule has 2 heterocycles. The molecule has 2 aromatic heterocycles. The second kappa shape index (κ2) is 4.50. The number of hydrogen-bond acceptors (Lipinski definition) is 5. The number of esters is 1. The van der Waals surface area contributed by atoms with Gasteiger partial charge in [-0.2, -0.15) is 0 Å². The standard InChI is InChI=1S/C11H9FN2O2S/c1-16-11(15)9-8(5-17-10(9)13)6-2-7(12)4-14-3-6/h2-5H,13H2,1H3. The number of pyridine rings is 1. The molecule has 0 saturated carbocycles. The first-order chi connectivity index (χ1) is 8.13. The number of aromatic nitrogens is 1. The first-order valence-corrected chi connectivity index (χ1v) is 5.57. The van der Waals surface area contributed by atoms with Crippen LogP contribution < -0.4 is 5.73 Å². The van der Waals surface area contributed by atoms with E-state index in [1.54, 1.807) is 5.38 Å². The van der Waals surface area contributed by atoms with Crippen LogP contribution in [0.2, 0.25) is 0 Å². The van der Waals surface area contributed by atoms with Gasteiger partial charge in [0.1, 0.15) is 16.4 Å². The SMILES string of the molecule is COC(=O)c1c(-c2cncc(F)c2)csc1N. The van der Waals surface area contributed by atoms with E-state index in [0.29, 0.717) is 16.1 Å². The fourth-order valence-corrected chi connectivity index (χ4v) is 2.27. The maximum Gasteiger partial charge on any atom is 0.341 e. The predicted molar refractivity (Wildman–Crippen MR) is 63.3 cm³/mol. The number of halogens is 1. The van der Waals surface area contributed by atoms with Gasteiger partial charge < -0.3 is 10.5 Å². The van der Waals surface area contributed by atoms with E-state index in [1.165, 1.54) is 30.7 Å². The molecule has 0 aromatic carbocycles. The van der Waals surface area contributed by atoms with Crippen LogP contribution in [0.3, 0.4) is 0 Å². The summed E-state index contributed by atoms with van der Waals surface area (Å²) in [6.07, 6.45) is 2.56. The Bertz CT molecular complexity index is 568. The molecule has 0 radical (unpaired) electrons. The highest BCUT2D eigenvalue weighted by Gasteiger charge is 2.19. The van der Waals surface area contributed by atoms with Crippen LogP contribution in [-0.4, -0.2) is 18.1 Å². The zero-order valence-electron chi connectivity index (χ0n) is 8.94. The number of anilines is 1. The number of nitrogen functional groups attached to an aromatic ring is 1. The number of thiophene rings is 1. The molecule has 2 N–H and O–H groups in total. The Labute approximate surface area is 101 Å². The van der Waals surface area contributed by atoms with Crippen molar-refractivity contribution < 1.29 is 13.9 Å². The van der Waals surface area contributed by atoms with Gasteiger partial charge >= 0.3 is 5.97 Å². The van der Waals surface area contributed by atoms with Crippen molar-refractivity contribution in [1.29, 1.82) is 0 Å². The van der Waals surface area contributed by atoms with E-state index in [2.05, 4.69) is 9.72 Å². The van der Waals surface area contributed by atoms with E-state index in [1.807, 2.05) is 0 Å². The zero-order valence-corrected chi connectivity index (χ0v) is 9.75. The highest BCUT2D eigenvalue weighted by Crippen LogP contribution is 2.33. The van der Waals surface area contributed by atoms with Crippen LogP contribution in [0, 0.1) is 5.82 Å². The minimum atomic E-state index is -0.539. The lowest BCUT2D eigenvalue weighted by Gasteiger charge is -2.03. The largest absolute Gasteiger partial charge is 0.465 e. The Hall–Kier alpha value is -1.95. The summed E-state index contributed by atoms with van der Waals surface area (Å²) in [6.45, 7) is 0. The van der Waals surface area contributed by atoms with Gasteiger partial charge in [-0.3, -0.25) is 4.98 Å². The van der Waals surface area contributed by atoms with Gasteiger partial charge in [0.15, 0.2) is 0 Å². The fraction of sp³-hybridized carbons (Fsp3) is 0.0909. The second-order valence-corrected chi connectivity index (χ2v) is 4.18. The first-order valence-electron chi connectivity index (χ1n) is 4.69. The summed E-state index contributed by atoms with van der Waals surface area (Å²) in [7, 11) is 1.27. The Balaban J connectivity index is 2.57. The number of ether oxygens (including phenoxy) is 1. The summed E-state index contributed by atoms with van der Waals surface area (Å²) in [6, 6.07) is 1.29. The highest BCUT2D eigenvalue weighted by atomic mass is 32.1. The van der Waals surface area contributed by atoms with E-state index in [4.69, 9.17) is 5.73 Å². The van der Waals surface area contributed by atoms with Gasteiger partial charge in [0.25, 0.3) is 0 Å². The number of carbonyl (C=O) groups is 1. The molecule has 88 valence electrons. The molecule has 0 bridgehead atoms. The van der Waals surface area contributed by atoms with Gasteiger partial charge in [-0.25, -0.2) is 9.18 Å². The maximum absolute atomic E-state index is 13.1. The van der Waals surface area contributed by atoms with Gasteiger partial charge in [-0.05, 0) is 6.07 Å². The van der Waals surface area contributed by atoms with Gasteiger partial charge in [0.05, 0.1) is 13.3 Å². The van der Waals surface area contributed by atoms with Crippen LogP contribution in [0.25, 0.3) is 11.1 Å². The van der Waals surface area contributed by atoms with Crippen molar-refractivity contribution in [2.75, 3.05) is 12.8 Å². The van der Waals surface area contributed by atoms with Gasteiger partial charge in [0.2, 0.25) is 0 Å². The third kappa shape index (κ3) is 2.12. The Morgan fingerprint density at radius 2 is 2.29 bits per heavy atom. The summed E-state index contributed by atoms with van der Waals surface area (Å²) >= 11 is 1.20. The summed E-state index contributed by atoms with van der Waals surface area (Å²) in [5.41, 5.74) is 6.98. The van der Waals surface area contributed by atoms with Crippen LogP contribution in [0.1, 0.15) is 10.4 Å². The van der Waals surface area contributed by atoms with Crippen molar-refractivity contribution in [3.05, 3.63) is 35.2 Å². The van der Waals surface area contributed by atoms with Crippen molar-refractivity contribution in [3.63, 3.8) is 0 Å². The molecule has 0 saturated heterocycles. The summed E-state index contributed by atoms with van der Waals surface area (Å²) in [4.78, 5) is 15.3. The monoisotopic (exact) mass is 252 g/mol. The van der Waals surface area contributed by atoms with Crippen molar-refractivity contribution in [2.45, 2.75) is 0 Å². The Morgan fingerprint density at radius 1 is 1.53 bits per heavy atom. The smallest absolute Gasteiger partial charge is 0.341 e. The normalized spacial score (nSPS) is 10.2. The molecular weight excluding hydrogens is 243 g/mol. The van der Waals surface area contributed by atoms with Crippen LogP contribution in [0.4, 0.5) is 9.39 Å². The third-order valence-electron chi connectivity index (χ3n) is 2.22. The lowest BCUT2D eigenvalue weighted by Crippen LogP contribution is -2.04. The van der Waals surface area contributed by atoms with Crippen molar-refractivity contribution in [2.24, 2.45) is 0 Å². The number of nitrogens with two attached hydrogens (primary N) is 1. The average molecular weight is 252 g/mol. The fourth-order valence-electron chi connectivity index (χ4n) is 1.46. The van der Waals surface area contributed by atoms with Crippen molar-refractivity contribution in [1.82, 2.24) is 4.98 Å². The molecule has 0 aliphatic heterocycles. The molecule has 0 aliphatic carbocycles. The molecule has 6 heteroatoms. The van der Waals surface area contributed by atoms with Crippen LogP contribution in [-0.2, 0) is 4.74 Å². The van der Waals surface area contributed by atoms with Gasteiger partial charge in [0, 0.05) is 22.7 Å². The molecule has 0 spiro atoms. The number of rotatable bonds is 2. The lowest BCUT2D eigenvalue weighted by atomic mass is 10.1. The molecule has 0 atom stereocenters. The number of nitrogens with zero attached hydrogens (tertiary/aromatic N) is 1. The number of methoxy groups -OCH3 is 1. The predicted octanol–water partition coefficient (Wildman–Crippen LogP) is 2.32. The minimum absolute atomic E-state index is 0.255. The van der Waals surface area contributed by atoms with E-state index in [0.717, 1.165) is 6.20 Å². The van der Waals surface area contributed by atoms with Crippen LogP contribution in [0.5, 0.6) is 0 Å². The van der Waals surface area contributed by atoms with Crippen LogP contribution >= 0.6 is 11.3 Å².